The molecular weight excluding hydrogens is 259 g/mol. The van der Waals surface area contributed by atoms with Crippen molar-refractivity contribution in [2.75, 3.05) is 6.54 Å². The zero-order valence-electron chi connectivity index (χ0n) is 11.5. The number of carbonyl (C=O) groups excluding carboxylic acids is 2. The summed E-state index contributed by atoms with van der Waals surface area (Å²) in [4.78, 5) is 23.5. The minimum atomic E-state index is -0.333. The van der Waals surface area contributed by atoms with Crippen molar-refractivity contribution in [2.45, 2.75) is 26.3 Å². The molecule has 20 heavy (non-hydrogen) atoms. The first kappa shape index (κ1) is 14.5. The molecule has 2 atom stereocenters. The summed E-state index contributed by atoms with van der Waals surface area (Å²) in [7, 11) is 0. The van der Waals surface area contributed by atoms with Crippen molar-refractivity contribution < 1.29 is 14.0 Å². The third kappa shape index (κ3) is 3.56. The van der Waals surface area contributed by atoms with Crippen LogP contribution < -0.4 is 10.6 Å². The first-order chi connectivity index (χ1) is 9.63. The van der Waals surface area contributed by atoms with Gasteiger partial charge in [-0.15, -0.1) is 0 Å². The molecule has 5 heteroatoms. The SMILES string of the molecule is CCCNC(=O)C1CC1C(=O)NCc1ccccc1F. The number of benzene rings is 1. The topological polar surface area (TPSA) is 58.2 Å². The molecule has 4 nitrogen and oxygen atoms in total. The Morgan fingerprint density at radius 2 is 1.85 bits per heavy atom. The van der Waals surface area contributed by atoms with Gasteiger partial charge in [0.1, 0.15) is 5.82 Å². The predicted octanol–water partition coefficient (Wildman–Crippen LogP) is 1.60. The summed E-state index contributed by atoms with van der Waals surface area (Å²) in [5.74, 6) is -1.05. The minimum Gasteiger partial charge on any atom is -0.356 e. The van der Waals surface area contributed by atoms with Crippen LogP contribution in [-0.4, -0.2) is 18.4 Å². The van der Waals surface area contributed by atoms with Crippen LogP contribution in [0.2, 0.25) is 0 Å². The molecule has 0 bridgehead atoms. The normalized spacial score (nSPS) is 20.3. The van der Waals surface area contributed by atoms with E-state index in [0.29, 0.717) is 18.5 Å². The van der Waals surface area contributed by atoms with Crippen molar-refractivity contribution in [1.29, 1.82) is 0 Å². The van der Waals surface area contributed by atoms with Crippen molar-refractivity contribution in [3.63, 3.8) is 0 Å². The zero-order chi connectivity index (χ0) is 14.5. The average molecular weight is 278 g/mol. The molecule has 2 rings (SSSR count). The second kappa shape index (κ2) is 6.50. The van der Waals surface area contributed by atoms with Crippen LogP contribution in [0.15, 0.2) is 24.3 Å². The third-order valence-corrected chi connectivity index (χ3v) is 3.42. The van der Waals surface area contributed by atoms with Gasteiger partial charge in [-0.25, -0.2) is 4.39 Å². The van der Waals surface area contributed by atoms with Crippen LogP contribution in [0.25, 0.3) is 0 Å². The minimum absolute atomic E-state index is 0.0575. The van der Waals surface area contributed by atoms with Crippen molar-refractivity contribution in [3.8, 4) is 0 Å². The quantitative estimate of drug-likeness (QED) is 0.830. The van der Waals surface area contributed by atoms with Gasteiger partial charge in [-0.05, 0) is 18.9 Å². The van der Waals surface area contributed by atoms with E-state index >= 15 is 0 Å². The Balaban J connectivity index is 1.77. The second-order valence-electron chi connectivity index (χ2n) is 5.05. The lowest BCUT2D eigenvalue weighted by atomic mass is 10.2. The van der Waals surface area contributed by atoms with Gasteiger partial charge in [0.2, 0.25) is 11.8 Å². The number of nitrogens with one attached hydrogen (secondary N) is 2. The molecule has 0 spiro atoms. The number of hydrogen-bond acceptors (Lipinski definition) is 2. The summed E-state index contributed by atoms with van der Waals surface area (Å²) in [6.07, 6.45) is 1.46. The van der Waals surface area contributed by atoms with E-state index < -0.39 is 0 Å². The molecule has 1 aliphatic rings. The lowest BCUT2D eigenvalue weighted by molar-refractivity contribution is -0.127. The highest BCUT2D eigenvalue weighted by molar-refractivity contribution is 5.92. The maximum atomic E-state index is 13.4. The maximum Gasteiger partial charge on any atom is 0.224 e. The summed E-state index contributed by atoms with van der Waals surface area (Å²) in [5.41, 5.74) is 0.452. The molecule has 2 unspecified atom stereocenters. The molecule has 0 radical (unpaired) electrons. The van der Waals surface area contributed by atoms with Gasteiger partial charge in [0.25, 0.3) is 0 Å². The molecule has 108 valence electrons. The highest BCUT2D eigenvalue weighted by atomic mass is 19.1. The molecule has 0 aromatic heterocycles. The van der Waals surface area contributed by atoms with Crippen LogP contribution in [0.5, 0.6) is 0 Å². The molecule has 0 saturated heterocycles. The summed E-state index contributed by atoms with van der Waals surface area (Å²) in [6.45, 7) is 2.77. The van der Waals surface area contributed by atoms with Gasteiger partial charge in [0.05, 0.1) is 11.8 Å². The van der Waals surface area contributed by atoms with E-state index in [1.807, 2.05) is 6.92 Å². The van der Waals surface area contributed by atoms with Gasteiger partial charge in [-0.2, -0.15) is 0 Å². The Bertz CT molecular complexity index is 504. The maximum absolute atomic E-state index is 13.4. The van der Waals surface area contributed by atoms with Crippen LogP contribution in [-0.2, 0) is 16.1 Å². The molecule has 1 aromatic carbocycles. The number of hydrogen-bond donors (Lipinski definition) is 2. The lowest BCUT2D eigenvalue weighted by Crippen LogP contribution is -2.30. The van der Waals surface area contributed by atoms with E-state index in [4.69, 9.17) is 0 Å². The van der Waals surface area contributed by atoms with Gasteiger partial charge in [-0.3, -0.25) is 9.59 Å². The number of carbonyl (C=O) groups is 2. The Labute approximate surface area is 117 Å². The molecule has 1 saturated carbocycles. The molecule has 0 aliphatic heterocycles. The predicted molar refractivity (Wildman–Crippen MR) is 73.1 cm³/mol. The fourth-order valence-corrected chi connectivity index (χ4v) is 2.11. The Morgan fingerprint density at radius 1 is 1.20 bits per heavy atom. The second-order valence-corrected chi connectivity index (χ2v) is 5.05. The zero-order valence-corrected chi connectivity index (χ0v) is 11.5. The van der Waals surface area contributed by atoms with Crippen LogP contribution in [0, 0.1) is 17.7 Å². The average Bonchev–Trinajstić information content (AvgIpc) is 3.24. The van der Waals surface area contributed by atoms with Crippen molar-refractivity contribution in [2.24, 2.45) is 11.8 Å². The monoisotopic (exact) mass is 278 g/mol. The highest BCUT2D eigenvalue weighted by Crippen LogP contribution is 2.38. The third-order valence-electron chi connectivity index (χ3n) is 3.42. The van der Waals surface area contributed by atoms with E-state index in [0.717, 1.165) is 6.42 Å². The van der Waals surface area contributed by atoms with Crippen molar-refractivity contribution >= 4 is 11.8 Å². The Hall–Kier alpha value is -1.91. The van der Waals surface area contributed by atoms with Crippen LogP contribution >= 0.6 is 0 Å². The van der Waals surface area contributed by atoms with Crippen LogP contribution in [0.3, 0.4) is 0 Å². The summed E-state index contributed by atoms with van der Waals surface area (Å²) in [5, 5.41) is 5.47. The smallest absolute Gasteiger partial charge is 0.224 e. The first-order valence-electron chi connectivity index (χ1n) is 6.92. The van der Waals surface area contributed by atoms with Crippen LogP contribution in [0.4, 0.5) is 4.39 Å². The molecule has 1 aliphatic carbocycles. The fourth-order valence-electron chi connectivity index (χ4n) is 2.11. The lowest BCUT2D eigenvalue weighted by Gasteiger charge is -2.06. The van der Waals surface area contributed by atoms with E-state index in [1.54, 1.807) is 18.2 Å². The van der Waals surface area contributed by atoms with E-state index in [9.17, 15) is 14.0 Å². The Kier molecular flexibility index (Phi) is 4.71. The van der Waals surface area contributed by atoms with E-state index in [2.05, 4.69) is 10.6 Å². The highest BCUT2D eigenvalue weighted by Gasteiger charge is 2.47. The van der Waals surface area contributed by atoms with Crippen molar-refractivity contribution in [1.82, 2.24) is 10.6 Å². The number of halogens is 1. The Morgan fingerprint density at radius 3 is 2.50 bits per heavy atom. The van der Waals surface area contributed by atoms with Crippen molar-refractivity contribution in [3.05, 3.63) is 35.6 Å². The van der Waals surface area contributed by atoms with E-state index in [-0.39, 0.29) is 36.0 Å². The van der Waals surface area contributed by atoms with Gasteiger partial charge in [-0.1, -0.05) is 25.1 Å². The molecule has 1 aromatic rings. The van der Waals surface area contributed by atoms with E-state index in [1.165, 1.54) is 6.07 Å². The van der Waals surface area contributed by atoms with Crippen LogP contribution in [0.1, 0.15) is 25.3 Å². The largest absolute Gasteiger partial charge is 0.356 e. The molecule has 2 N–H and O–H groups in total. The van der Waals surface area contributed by atoms with Gasteiger partial charge in [0.15, 0.2) is 0 Å². The standard InChI is InChI=1S/C15H19FN2O2/c1-2-7-17-14(19)11-8-12(11)15(20)18-9-10-5-3-4-6-13(10)16/h3-6,11-12H,2,7-9H2,1H3,(H,17,19)(H,18,20). The van der Waals surface area contributed by atoms with Gasteiger partial charge >= 0.3 is 0 Å². The summed E-state index contributed by atoms with van der Waals surface area (Å²) < 4.78 is 13.4. The number of amides is 2. The summed E-state index contributed by atoms with van der Waals surface area (Å²) >= 11 is 0. The molecular formula is C15H19FN2O2. The number of rotatable bonds is 6. The first-order valence-corrected chi connectivity index (χ1v) is 6.92. The molecule has 2 amide bonds. The van der Waals surface area contributed by atoms with Gasteiger partial charge < -0.3 is 10.6 Å². The molecule has 0 heterocycles. The fraction of sp³-hybridized carbons (Fsp3) is 0.467. The van der Waals surface area contributed by atoms with Gasteiger partial charge in [0, 0.05) is 18.7 Å². The summed E-state index contributed by atoms with van der Waals surface area (Å²) in [6, 6.07) is 6.33. The molecule has 1 fully saturated rings.